The molecule has 1 aromatic rings. The lowest BCUT2D eigenvalue weighted by atomic mass is 9.93. The molecule has 122 valence electrons. The van der Waals surface area contributed by atoms with Crippen LogP contribution in [0.5, 0.6) is 5.75 Å². The standard InChI is InChI=1S/C17H26N2O3/c1-14-6-3-4-7-15(14)22-13-17(21-2)9-5-11-19(12-17)16(20)8-10-18/h3-4,6-7H,5,8-13,18H2,1-2H3. The molecule has 1 atom stereocenters. The summed E-state index contributed by atoms with van der Waals surface area (Å²) in [5.41, 5.74) is 6.14. The van der Waals surface area contributed by atoms with E-state index in [4.69, 9.17) is 15.2 Å². The topological polar surface area (TPSA) is 64.8 Å². The van der Waals surface area contributed by atoms with Gasteiger partial charge in [-0.1, -0.05) is 18.2 Å². The normalized spacial score (nSPS) is 21.7. The molecule has 1 aliphatic heterocycles. The highest BCUT2D eigenvalue weighted by atomic mass is 16.5. The number of piperidine rings is 1. The molecule has 1 heterocycles. The molecule has 1 amide bonds. The van der Waals surface area contributed by atoms with Crippen molar-refractivity contribution in [2.45, 2.75) is 31.8 Å². The van der Waals surface area contributed by atoms with Crippen molar-refractivity contribution in [3.8, 4) is 5.75 Å². The third-order valence-corrected chi connectivity index (χ3v) is 4.27. The van der Waals surface area contributed by atoms with Gasteiger partial charge in [-0.05, 0) is 31.4 Å². The average molecular weight is 306 g/mol. The molecule has 0 aromatic heterocycles. The molecule has 0 radical (unpaired) electrons. The van der Waals surface area contributed by atoms with Gasteiger partial charge in [-0.2, -0.15) is 0 Å². The Bertz CT molecular complexity index is 506. The SMILES string of the molecule is COC1(COc2ccccc2C)CCCN(C(=O)CCN)C1. The third-order valence-electron chi connectivity index (χ3n) is 4.27. The number of carbonyl (C=O) groups excluding carboxylic acids is 1. The summed E-state index contributed by atoms with van der Waals surface area (Å²) < 4.78 is 11.7. The van der Waals surface area contributed by atoms with Gasteiger partial charge in [-0.25, -0.2) is 0 Å². The minimum atomic E-state index is -0.440. The van der Waals surface area contributed by atoms with Gasteiger partial charge in [-0.15, -0.1) is 0 Å². The van der Waals surface area contributed by atoms with Crippen molar-refractivity contribution < 1.29 is 14.3 Å². The number of nitrogens with two attached hydrogens (primary N) is 1. The van der Waals surface area contributed by atoms with E-state index in [1.54, 1.807) is 7.11 Å². The molecule has 22 heavy (non-hydrogen) atoms. The second-order valence-electron chi connectivity index (χ2n) is 5.90. The molecule has 1 fully saturated rings. The zero-order valence-electron chi connectivity index (χ0n) is 13.5. The number of hydrogen-bond donors (Lipinski definition) is 1. The Hall–Kier alpha value is -1.59. The second-order valence-corrected chi connectivity index (χ2v) is 5.90. The molecule has 1 unspecified atom stereocenters. The van der Waals surface area contributed by atoms with Crippen LogP contribution in [0, 0.1) is 6.92 Å². The smallest absolute Gasteiger partial charge is 0.223 e. The van der Waals surface area contributed by atoms with Crippen molar-refractivity contribution in [3.63, 3.8) is 0 Å². The van der Waals surface area contributed by atoms with Crippen molar-refractivity contribution >= 4 is 5.91 Å². The Morgan fingerprint density at radius 2 is 2.18 bits per heavy atom. The van der Waals surface area contributed by atoms with E-state index in [0.29, 0.717) is 26.1 Å². The molecule has 0 spiro atoms. The van der Waals surface area contributed by atoms with Crippen LogP contribution in [0.15, 0.2) is 24.3 Å². The lowest BCUT2D eigenvalue weighted by Gasteiger charge is -2.41. The van der Waals surface area contributed by atoms with Crippen LogP contribution < -0.4 is 10.5 Å². The van der Waals surface area contributed by atoms with Gasteiger partial charge >= 0.3 is 0 Å². The lowest BCUT2D eigenvalue weighted by Crippen LogP contribution is -2.54. The van der Waals surface area contributed by atoms with Gasteiger partial charge in [0.15, 0.2) is 0 Å². The van der Waals surface area contributed by atoms with Crippen LogP contribution in [0.4, 0.5) is 0 Å². The van der Waals surface area contributed by atoms with E-state index in [2.05, 4.69) is 0 Å². The Morgan fingerprint density at radius 3 is 2.86 bits per heavy atom. The van der Waals surface area contributed by atoms with Crippen LogP contribution >= 0.6 is 0 Å². The maximum Gasteiger partial charge on any atom is 0.223 e. The zero-order chi connectivity index (χ0) is 16.0. The molecule has 1 aromatic carbocycles. The first-order valence-corrected chi connectivity index (χ1v) is 7.82. The summed E-state index contributed by atoms with van der Waals surface area (Å²) >= 11 is 0. The monoisotopic (exact) mass is 306 g/mol. The maximum atomic E-state index is 12.1. The third kappa shape index (κ3) is 3.99. The van der Waals surface area contributed by atoms with Gasteiger partial charge in [0.05, 0.1) is 6.54 Å². The van der Waals surface area contributed by atoms with Crippen LogP contribution in [0.2, 0.25) is 0 Å². The number of hydrogen-bond acceptors (Lipinski definition) is 4. The lowest BCUT2D eigenvalue weighted by molar-refractivity contribution is -0.143. The summed E-state index contributed by atoms with van der Waals surface area (Å²) in [5.74, 6) is 0.962. The molecule has 5 heteroatoms. The molecule has 2 rings (SSSR count). The number of benzene rings is 1. The van der Waals surface area contributed by atoms with Crippen molar-refractivity contribution in [2.75, 3.05) is 33.4 Å². The van der Waals surface area contributed by atoms with E-state index in [9.17, 15) is 4.79 Å². The molecule has 0 saturated carbocycles. The molecule has 2 N–H and O–H groups in total. The molecular weight excluding hydrogens is 280 g/mol. The van der Waals surface area contributed by atoms with Gasteiger partial charge in [0, 0.05) is 26.6 Å². The average Bonchev–Trinajstić information content (AvgIpc) is 2.54. The zero-order valence-corrected chi connectivity index (χ0v) is 13.5. The summed E-state index contributed by atoms with van der Waals surface area (Å²) in [6.07, 6.45) is 2.20. The van der Waals surface area contributed by atoms with Gasteiger partial charge < -0.3 is 20.1 Å². The molecular formula is C17H26N2O3. The highest BCUT2D eigenvalue weighted by Crippen LogP contribution is 2.27. The number of likely N-dealkylation sites (tertiary alicyclic amines) is 1. The van der Waals surface area contributed by atoms with E-state index in [0.717, 1.165) is 30.7 Å². The number of rotatable bonds is 6. The van der Waals surface area contributed by atoms with Crippen LogP contribution in [0.25, 0.3) is 0 Å². The van der Waals surface area contributed by atoms with Crippen molar-refractivity contribution in [3.05, 3.63) is 29.8 Å². The summed E-state index contributed by atoms with van der Waals surface area (Å²) in [4.78, 5) is 13.9. The molecule has 5 nitrogen and oxygen atoms in total. The van der Waals surface area contributed by atoms with E-state index >= 15 is 0 Å². The fourth-order valence-electron chi connectivity index (χ4n) is 2.86. The Morgan fingerprint density at radius 1 is 1.41 bits per heavy atom. The first kappa shape index (κ1) is 16.8. The van der Waals surface area contributed by atoms with Crippen LogP contribution in [-0.2, 0) is 9.53 Å². The van der Waals surface area contributed by atoms with Crippen molar-refractivity contribution in [2.24, 2.45) is 5.73 Å². The largest absolute Gasteiger partial charge is 0.490 e. The Labute approximate surface area is 132 Å². The molecule has 1 aliphatic rings. The Balaban J connectivity index is 2.02. The minimum Gasteiger partial charge on any atom is -0.490 e. The van der Waals surface area contributed by atoms with Gasteiger partial charge in [-0.3, -0.25) is 4.79 Å². The number of para-hydroxylation sites is 1. The quantitative estimate of drug-likeness (QED) is 0.869. The molecule has 1 saturated heterocycles. The minimum absolute atomic E-state index is 0.0968. The fourth-order valence-corrected chi connectivity index (χ4v) is 2.86. The molecule has 0 aliphatic carbocycles. The van der Waals surface area contributed by atoms with Crippen molar-refractivity contribution in [1.29, 1.82) is 0 Å². The predicted octanol–water partition coefficient (Wildman–Crippen LogP) is 1.73. The first-order chi connectivity index (χ1) is 10.6. The van der Waals surface area contributed by atoms with E-state index in [1.165, 1.54) is 0 Å². The van der Waals surface area contributed by atoms with Crippen LogP contribution in [0.3, 0.4) is 0 Å². The summed E-state index contributed by atoms with van der Waals surface area (Å²) in [7, 11) is 1.69. The van der Waals surface area contributed by atoms with E-state index in [1.807, 2.05) is 36.1 Å². The maximum absolute atomic E-state index is 12.1. The number of ether oxygens (including phenoxy) is 2. The van der Waals surface area contributed by atoms with Crippen LogP contribution in [-0.4, -0.2) is 49.8 Å². The second kappa shape index (κ2) is 7.61. The van der Waals surface area contributed by atoms with Crippen molar-refractivity contribution in [1.82, 2.24) is 4.90 Å². The van der Waals surface area contributed by atoms with Gasteiger partial charge in [0.1, 0.15) is 18.0 Å². The number of amides is 1. The summed E-state index contributed by atoms with van der Waals surface area (Å²) in [6.45, 7) is 4.19. The Kier molecular flexibility index (Phi) is 5.80. The number of methoxy groups -OCH3 is 1. The van der Waals surface area contributed by atoms with Crippen LogP contribution in [0.1, 0.15) is 24.8 Å². The first-order valence-electron chi connectivity index (χ1n) is 7.82. The number of nitrogens with zero attached hydrogens (tertiary/aromatic N) is 1. The summed E-state index contributed by atoms with van der Waals surface area (Å²) in [6, 6.07) is 7.92. The number of carbonyl (C=O) groups is 1. The number of aryl methyl sites for hydroxylation is 1. The predicted molar refractivity (Wildman–Crippen MR) is 85.9 cm³/mol. The summed E-state index contributed by atoms with van der Waals surface area (Å²) in [5, 5.41) is 0. The highest BCUT2D eigenvalue weighted by Gasteiger charge is 2.38. The highest BCUT2D eigenvalue weighted by molar-refractivity contribution is 5.76. The fraction of sp³-hybridized carbons (Fsp3) is 0.588. The van der Waals surface area contributed by atoms with E-state index in [-0.39, 0.29) is 5.91 Å². The van der Waals surface area contributed by atoms with Gasteiger partial charge in [0.2, 0.25) is 5.91 Å². The molecule has 0 bridgehead atoms. The van der Waals surface area contributed by atoms with E-state index < -0.39 is 5.60 Å². The van der Waals surface area contributed by atoms with Gasteiger partial charge in [0.25, 0.3) is 0 Å².